The summed E-state index contributed by atoms with van der Waals surface area (Å²) in [5.74, 6) is -1.66. The Morgan fingerprint density at radius 3 is 2.71 bits per heavy atom. The SMILES string of the molecule is CN(C[C@H](O)CNC(C)(C)CCCC1CC=CS1)S(=O)(=O)c1cc(F)cc(CCCC(=O)O)c1. The Kier molecular flexibility index (Phi) is 11.0. The van der Waals surface area contributed by atoms with Crippen LogP contribution < -0.4 is 5.32 Å². The number of halogens is 1. The first-order chi connectivity index (χ1) is 15.9. The lowest BCUT2D eigenvalue weighted by atomic mass is 9.96. The lowest BCUT2D eigenvalue weighted by molar-refractivity contribution is -0.137. The van der Waals surface area contributed by atoms with Gasteiger partial charge < -0.3 is 15.5 Å². The molecule has 34 heavy (non-hydrogen) atoms. The van der Waals surface area contributed by atoms with Crippen LogP contribution in [0, 0.1) is 5.82 Å². The molecule has 0 aromatic heterocycles. The summed E-state index contributed by atoms with van der Waals surface area (Å²) in [6.45, 7) is 4.23. The number of sulfonamides is 1. The second-order valence-electron chi connectivity index (χ2n) is 9.50. The molecular weight excluding hydrogens is 479 g/mol. The molecule has 1 heterocycles. The molecule has 1 unspecified atom stereocenters. The van der Waals surface area contributed by atoms with Crippen molar-refractivity contribution in [3.8, 4) is 0 Å². The van der Waals surface area contributed by atoms with E-state index in [1.807, 2.05) is 11.8 Å². The Morgan fingerprint density at radius 2 is 2.06 bits per heavy atom. The minimum Gasteiger partial charge on any atom is -0.481 e. The third-order valence-electron chi connectivity index (χ3n) is 5.87. The monoisotopic (exact) mass is 516 g/mol. The largest absolute Gasteiger partial charge is 0.481 e. The fourth-order valence-corrected chi connectivity index (χ4v) is 6.13. The maximum absolute atomic E-state index is 14.1. The number of carboxylic acid groups (broad SMARTS) is 1. The van der Waals surface area contributed by atoms with Crippen molar-refractivity contribution in [2.45, 2.75) is 80.6 Å². The van der Waals surface area contributed by atoms with E-state index < -0.39 is 27.9 Å². The molecule has 0 saturated heterocycles. The molecule has 0 amide bonds. The summed E-state index contributed by atoms with van der Waals surface area (Å²) in [5, 5.41) is 25.4. The molecule has 0 radical (unpaired) electrons. The molecule has 0 spiro atoms. The molecule has 0 fully saturated rings. The quantitative estimate of drug-likeness (QED) is 0.326. The summed E-state index contributed by atoms with van der Waals surface area (Å²) < 4.78 is 41.0. The number of likely N-dealkylation sites (N-methyl/N-ethyl adjacent to an activating group) is 1. The number of aryl methyl sites for hydroxylation is 1. The smallest absolute Gasteiger partial charge is 0.303 e. The first kappa shape index (κ1) is 28.8. The van der Waals surface area contributed by atoms with Crippen LogP contribution in [0.4, 0.5) is 4.39 Å². The number of nitrogens with zero attached hydrogens (tertiary/aromatic N) is 1. The average molecular weight is 517 g/mol. The van der Waals surface area contributed by atoms with Crippen LogP contribution in [-0.2, 0) is 21.2 Å². The first-order valence-corrected chi connectivity index (χ1v) is 14.0. The predicted octanol–water partition coefficient (Wildman–Crippen LogP) is 3.77. The number of aliphatic carboxylic acids is 1. The van der Waals surface area contributed by atoms with Crippen LogP contribution in [0.2, 0.25) is 0 Å². The lowest BCUT2D eigenvalue weighted by Gasteiger charge is -2.29. The van der Waals surface area contributed by atoms with Gasteiger partial charge in [-0.15, -0.1) is 11.8 Å². The fraction of sp³-hybridized carbons (Fsp3) is 0.625. The topological polar surface area (TPSA) is 107 Å². The number of β-amino-alcohol motifs (C(OH)–C–C–N with tert-alkyl or cyclic N) is 1. The highest BCUT2D eigenvalue weighted by Gasteiger charge is 2.26. The van der Waals surface area contributed by atoms with Crippen LogP contribution in [0.1, 0.15) is 57.9 Å². The number of aliphatic hydroxyl groups is 1. The van der Waals surface area contributed by atoms with Crippen molar-refractivity contribution in [2.75, 3.05) is 20.1 Å². The lowest BCUT2D eigenvalue weighted by Crippen LogP contribution is -2.46. The molecule has 1 aliphatic heterocycles. The van der Waals surface area contributed by atoms with Gasteiger partial charge in [0, 0.05) is 37.3 Å². The Bertz CT molecular complexity index is 945. The predicted molar refractivity (Wildman–Crippen MR) is 134 cm³/mol. The van der Waals surface area contributed by atoms with Gasteiger partial charge in [-0.05, 0) is 75.1 Å². The van der Waals surface area contributed by atoms with E-state index in [1.165, 1.54) is 19.2 Å². The van der Waals surface area contributed by atoms with Crippen molar-refractivity contribution in [3.63, 3.8) is 0 Å². The summed E-state index contributed by atoms with van der Waals surface area (Å²) in [5.41, 5.74) is 0.228. The standard InChI is InChI=1S/C24H37FN2O5S2/c1-24(2,11-5-8-21-9-6-12-33-21)26-16-20(28)17-27(3)34(31,32)22-14-18(13-19(25)15-22)7-4-10-23(29)30/h6,12-15,20-21,26,28H,4-5,7-11,16-17H2,1-3H3,(H,29,30)/t20-,21?/m1/s1. The molecule has 0 saturated carbocycles. The van der Waals surface area contributed by atoms with Crippen molar-refractivity contribution in [1.29, 1.82) is 0 Å². The number of carbonyl (C=O) groups is 1. The zero-order valence-electron chi connectivity index (χ0n) is 20.2. The molecule has 1 aromatic rings. The molecule has 7 nitrogen and oxygen atoms in total. The van der Waals surface area contributed by atoms with Crippen LogP contribution in [0.5, 0.6) is 0 Å². The normalized spacial score (nSPS) is 17.4. The van der Waals surface area contributed by atoms with Gasteiger partial charge in [-0.3, -0.25) is 4.79 Å². The average Bonchev–Trinajstić information content (AvgIpc) is 3.25. The van der Waals surface area contributed by atoms with E-state index in [9.17, 15) is 22.7 Å². The van der Waals surface area contributed by atoms with Gasteiger partial charge in [0.1, 0.15) is 5.82 Å². The van der Waals surface area contributed by atoms with Crippen molar-refractivity contribution in [3.05, 3.63) is 41.1 Å². The van der Waals surface area contributed by atoms with Crippen molar-refractivity contribution >= 4 is 27.8 Å². The molecule has 10 heteroatoms. The molecule has 1 aliphatic rings. The number of nitrogens with one attached hydrogen (secondary N) is 1. The van der Waals surface area contributed by atoms with E-state index >= 15 is 0 Å². The number of rotatable bonds is 15. The Morgan fingerprint density at radius 1 is 1.32 bits per heavy atom. The van der Waals surface area contributed by atoms with Gasteiger partial charge in [0.2, 0.25) is 10.0 Å². The van der Waals surface area contributed by atoms with Gasteiger partial charge in [-0.1, -0.05) is 12.5 Å². The molecule has 192 valence electrons. The van der Waals surface area contributed by atoms with Gasteiger partial charge in [-0.2, -0.15) is 4.31 Å². The number of hydrogen-bond acceptors (Lipinski definition) is 6. The van der Waals surface area contributed by atoms with Gasteiger partial charge >= 0.3 is 5.97 Å². The maximum atomic E-state index is 14.1. The highest BCUT2D eigenvalue weighted by Crippen LogP contribution is 2.29. The van der Waals surface area contributed by atoms with Crippen molar-refractivity contribution in [1.82, 2.24) is 9.62 Å². The molecule has 1 aromatic carbocycles. The minimum absolute atomic E-state index is 0.0786. The van der Waals surface area contributed by atoms with Gasteiger partial charge in [-0.25, -0.2) is 12.8 Å². The Labute approximate surface area is 206 Å². The zero-order valence-corrected chi connectivity index (χ0v) is 21.8. The summed E-state index contributed by atoms with van der Waals surface area (Å²) in [4.78, 5) is 10.5. The van der Waals surface area contributed by atoms with E-state index in [4.69, 9.17) is 5.11 Å². The molecule has 2 rings (SSSR count). The Balaban J connectivity index is 1.87. The number of benzene rings is 1. The summed E-state index contributed by atoms with van der Waals surface area (Å²) >= 11 is 1.87. The van der Waals surface area contributed by atoms with Gasteiger partial charge in [0.15, 0.2) is 0 Å². The van der Waals surface area contributed by atoms with E-state index in [1.54, 1.807) is 0 Å². The summed E-state index contributed by atoms with van der Waals surface area (Å²) in [7, 11) is -2.66. The van der Waals surface area contributed by atoms with Crippen LogP contribution in [0.15, 0.2) is 34.6 Å². The number of carboxylic acids is 1. The van der Waals surface area contributed by atoms with Gasteiger partial charge in [0.05, 0.1) is 11.0 Å². The third kappa shape index (κ3) is 9.65. The minimum atomic E-state index is -4.02. The van der Waals surface area contributed by atoms with Crippen LogP contribution in [-0.4, -0.2) is 65.9 Å². The van der Waals surface area contributed by atoms with E-state index in [0.717, 1.165) is 36.1 Å². The highest BCUT2D eigenvalue weighted by molar-refractivity contribution is 8.03. The highest BCUT2D eigenvalue weighted by atomic mass is 32.2. The van der Waals surface area contributed by atoms with Crippen LogP contribution in [0.3, 0.4) is 0 Å². The Hall–Kier alpha value is -1.46. The van der Waals surface area contributed by atoms with Crippen molar-refractivity contribution < 1.29 is 27.8 Å². The zero-order chi connectivity index (χ0) is 25.4. The van der Waals surface area contributed by atoms with E-state index in [2.05, 4.69) is 30.6 Å². The van der Waals surface area contributed by atoms with Gasteiger partial charge in [0.25, 0.3) is 0 Å². The third-order valence-corrected chi connectivity index (χ3v) is 8.84. The molecule has 0 bridgehead atoms. The second-order valence-corrected chi connectivity index (χ2v) is 12.8. The molecule has 3 N–H and O–H groups in total. The van der Waals surface area contributed by atoms with Crippen LogP contribution >= 0.6 is 11.8 Å². The van der Waals surface area contributed by atoms with E-state index in [-0.39, 0.29) is 42.8 Å². The second kappa shape index (κ2) is 13.0. The number of aliphatic hydroxyl groups excluding tert-OH is 1. The number of allylic oxidation sites excluding steroid dienone is 1. The number of thioether (sulfide) groups is 1. The van der Waals surface area contributed by atoms with E-state index in [0.29, 0.717) is 10.8 Å². The number of hydrogen-bond donors (Lipinski definition) is 3. The first-order valence-electron chi connectivity index (χ1n) is 11.6. The molecular formula is C24H37FN2O5S2. The fourth-order valence-electron chi connectivity index (χ4n) is 3.87. The molecule has 2 atom stereocenters. The van der Waals surface area contributed by atoms with Crippen LogP contribution in [0.25, 0.3) is 0 Å². The molecule has 0 aliphatic carbocycles. The summed E-state index contributed by atoms with van der Waals surface area (Å²) in [6, 6.07) is 3.52. The summed E-state index contributed by atoms with van der Waals surface area (Å²) in [6.07, 6.45) is 5.99. The maximum Gasteiger partial charge on any atom is 0.303 e. The van der Waals surface area contributed by atoms with Crippen molar-refractivity contribution in [2.24, 2.45) is 0 Å².